The van der Waals surface area contributed by atoms with Crippen LogP contribution in [0.5, 0.6) is 0 Å². The SMILES string of the molecule is NCc1ccc(Cl)c(Nc2nc3ccc(C(=O)N(N)c4ccc(Br)cc4)cc3[nH]2)c1. The number of amides is 1. The van der Waals surface area contributed by atoms with Crippen molar-refractivity contribution in [1.82, 2.24) is 9.97 Å². The number of imidazole rings is 1. The molecular formula is C21H18BrClN6O. The van der Waals surface area contributed by atoms with Crippen LogP contribution in [-0.2, 0) is 6.54 Å². The summed E-state index contributed by atoms with van der Waals surface area (Å²) in [6.45, 7) is 0.408. The summed E-state index contributed by atoms with van der Waals surface area (Å²) in [6.07, 6.45) is 0. The molecule has 0 atom stereocenters. The van der Waals surface area contributed by atoms with E-state index in [1.807, 2.05) is 24.3 Å². The molecule has 0 unspecified atom stereocenters. The Balaban J connectivity index is 1.59. The molecule has 1 heterocycles. The number of hydrazine groups is 1. The number of hydrogen-bond donors (Lipinski definition) is 4. The maximum Gasteiger partial charge on any atom is 0.272 e. The quantitative estimate of drug-likeness (QED) is 0.186. The predicted octanol–water partition coefficient (Wildman–Crippen LogP) is 4.70. The molecule has 1 aromatic heterocycles. The zero-order valence-corrected chi connectivity index (χ0v) is 18.0. The third-order valence-electron chi connectivity index (χ3n) is 4.57. The summed E-state index contributed by atoms with van der Waals surface area (Å²) < 4.78 is 0.906. The Hall–Kier alpha value is -2.91. The van der Waals surface area contributed by atoms with E-state index >= 15 is 0 Å². The van der Waals surface area contributed by atoms with Gasteiger partial charge in [-0.25, -0.2) is 15.8 Å². The van der Waals surface area contributed by atoms with Gasteiger partial charge in [-0.05, 0) is 60.2 Å². The summed E-state index contributed by atoms with van der Waals surface area (Å²) in [6, 6.07) is 17.9. The molecule has 0 aliphatic heterocycles. The monoisotopic (exact) mass is 484 g/mol. The van der Waals surface area contributed by atoms with Crippen LogP contribution in [0.3, 0.4) is 0 Å². The van der Waals surface area contributed by atoms with Crippen LogP contribution in [0.2, 0.25) is 5.02 Å². The molecule has 152 valence electrons. The lowest BCUT2D eigenvalue weighted by Gasteiger charge is -2.16. The molecule has 4 rings (SSSR count). The van der Waals surface area contributed by atoms with Crippen molar-refractivity contribution < 1.29 is 4.79 Å². The van der Waals surface area contributed by atoms with Gasteiger partial charge in [-0.15, -0.1) is 0 Å². The highest BCUT2D eigenvalue weighted by molar-refractivity contribution is 9.10. The molecule has 0 radical (unpaired) electrons. The number of aromatic amines is 1. The maximum absolute atomic E-state index is 12.8. The topological polar surface area (TPSA) is 113 Å². The van der Waals surface area contributed by atoms with Crippen molar-refractivity contribution in [2.75, 3.05) is 10.3 Å². The first-order valence-corrected chi connectivity index (χ1v) is 10.2. The molecule has 0 fully saturated rings. The molecule has 0 bridgehead atoms. The van der Waals surface area contributed by atoms with E-state index in [2.05, 4.69) is 31.2 Å². The number of anilines is 3. The number of rotatable bonds is 5. The average molecular weight is 486 g/mol. The summed E-state index contributed by atoms with van der Waals surface area (Å²) in [5.74, 6) is 6.19. The van der Waals surface area contributed by atoms with Crippen LogP contribution in [0, 0.1) is 0 Å². The molecule has 0 aliphatic carbocycles. The first-order valence-electron chi connectivity index (χ1n) is 9.04. The predicted molar refractivity (Wildman–Crippen MR) is 124 cm³/mol. The Morgan fingerprint density at radius 3 is 2.63 bits per heavy atom. The van der Waals surface area contributed by atoms with Crippen molar-refractivity contribution in [2.24, 2.45) is 11.6 Å². The Bertz CT molecular complexity index is 1220. The summed E-state index contributed by atoms with van der Waals surface area (Å²) in [7, 11) is 0. The number of carbonyl (C=O) groups is 1. The van der Waals surface area contributed by atoms with Crippen LogP contribution in [-0.4, -0.2) is 15.9 Å². The lowest BCUT2D eigenvalue weighted by atomic mass is 10.1. The molecule has 30 heavy (non-hydrogen) atoms. The molecule has 9 heteroatoms. The van der Waals surface area contributed by atoms with Gasteiger partial charge in [0, 0.05) is 16.6 Å². The van der Waals surface area contributed by atoms with Crippen molar-refractivity contribution in [3.8, 4) is 0 Å². The first-order chi connectivity index (χ1) is 14.4. The number of H-pyrrole nitrogens is 1. The highest BCUT2D eigenvalue weighted by Gasteiger charge is 2.16. The number of fused-ring (bicyclic) bond motifs is 1. The molecule has 1 amide bonds. The van der Waals surface area contributed by atoms with E-state index in [0.717, 1.165) is 15.0 Å². The minimum Gasteiger partial charge on any atom is -0.326 e. The summed E-state index contributed by atoms with van der Waals surface area (Å²) in [4.78, 5) is 20.5. The molecular weight excluding hydrogens is 468 g/mol. The summed E-state index contributed by atoms with van der Waals surface area (Å²) in [5, 5.41) is 4.83. The number of nitrogens with two attached hydrogens (primary N) is 2. The summed E-state index contributed by atoms with van der Waals surface area (Å²) >= 11 is 9.63. The fourth-order valence-electron chi connectivity index (χ4n) is 2.98. The second kappa shape index (κ2) is 8.45. The standard InChI is InChI=1S/C21H18BrClN6O/c22-14-3-5-15(6-4-14)29(25)20(30)13-2-8-17-19(10-13)28-21(26-17)27-18-9-12(11-24)1-7-16(18)23/h1-10H,11,24-25H2,(H2,26,27,28). The van der Waals surface area contributed by atoms with E-state index in [4.69, 9.17) is 23.2 Å². The van der Waals surface area contributed by atoms with Crippen molar-refractivity contribution >= 4 is 61.8 Å². The largest absolute Gasteiger partial charge is 0.326 e. The van der Waals surface area contributed by atoms with Crippen molar-refractivity contribution in [1.29, 1.82) is 0 Å². The minimum atomic E-state index is -0.331. The molecule has 6 N–H and O–H groups in total. The molecule has 0 saturated carbocycles. The normalized spacial score (nSPS) is 10.9. The van der Waals surface area contributed by atoms with Crippen molar-refractivity contribution in [3.63, 3.8) is 0 Å². The van der Waals surface area contributed by atoms with Gasteiger partial charge < -0.3 is 16.0 Å². The summed E-state index contributed by atoms with van der Waals surface area (Å²) in [5.41, 5.74) is 9.76. The van der Waals surface area contributed by atoms with Crippen LogP contribution >= 0.6 is 27.5 Å². The number of nitrogens with zero attached hydrogens (tertiary/aromatic N) is 2. The van der Waals surface area contributed by atoms with Crippen LogP contribution in [0.15, 0.2) is 65.1 Å². The number of benzene rings is 3. The van der Waals surface area contributed by atoms with Gasteiger partial charge in [0.05, 0.1) is 27.4 Å². The fourth-order valence-corrected chi connectivity index (χ4v) is 3.41. The van der Waals surface area contributed by atoms with E-state index in [1.54, 1.807) is 36.4 Å². The van der Waals surface area contributed by atoms with E-state index in [1.165, 1.54) is 0 Å². The molecule has 0 aliphatic rings. The van der Waals surface area contributed by atoms with Gasteiger partial charge in [0.15, 0.2) is 0 Å². The van der Waals surface area contributed by atoms with E-state index < -0.39 is 0 Å². The van der Waals surface area contributed by atoms with Gasteiger partial charge in [0.2, 0.25) is 5.95 Å². The van der Waals surface area contributed by atoms with Crippen molar-refractivity contribution in [3.05, 3.63) is 81.3 Å². The highest BCUT2D eigenvalue weighted by atomic mass is 79.9. The second-order valence-corrected chi connectivity index (χ2v) is 7.94. The highest BCUT2D eigenvalue weighted by Crippen LogP contribution is 2.27. The Kier molecular flexibility index (Phi) is 5.74. The third kappa shape index (κ3) is 4.17. The van der Waals surface area contributed by atoms with E-state index in [9.17, 15) is 4.79 Å². The van der Waals surface area contributed by atoms with Gasteiger partial charge in [-0.3, -0.25) is 4.79 Å². The smallest absolute Gasteiger partial charge is 0.272 e. The molecule has 7 nitrogen and oxygen atoms in total. The number of aromatic nitrogens is 2. The zero-order valence-electron chi connectivity index (χ0n) is 15.7. The fraction of sp³-hybridized carbons (Fsp3) is 0.0476. The van der Waals surface area contributed by atoms with Gasteiger partial charge in [0.1, 0.15) is 0 Å². The van der Waals surface area contributed by atoms with Crippen LogP contribution in [0.25, 0.3) is 11.0 Å². The van der Waals surface area contributed by atoms with Gasteiger partial charge >= 0.3 is 0 Å². The second-order valence-electron chi connectivity index (χ2n) is 6.61. The Labute approximate surface area is 186 Å². The number of hydrogen-bond acceptors (Lipinski definition) is 5. The van der Waals surface area contributed by atoms with E-state index in [0.29, 0.717) is 45.5 Å². The molecule has 3 aromatic carbocycles. The Morgan fingerprint density at radius 2 is 1.90 bits per heavy atom. The minimum absolute atomic E-state index is 0.331. The number of carbonyl (C=O) groups excluding carboxylic acids is 1. The van der Waals surface area contributed by atoms with Crippen LogP contribution in [0.4, 0.5) is 17.3 Å². The molecule has 0 saturated heterocycles. The molecule has 4 aromatic rings. The number of nitrogens with one attached hydrogen (secondary N) is 2. The van der Waals surface area contributed by atoms with Gasteiger partial charge in [-0.1, -0.05) is 33.6 Å². The zero-order chi connectivity index (χ0) is 21.3. The van der Waals surface area contributed by atoms with Crippen molar-refractivity contribution in [2.45, 2.75) is 6.54 Å². The average Bonchev–Trinajstić information content (AvgIpc) is 3.16. The molecule has 0 spiro atoms. The maximum atomic E-state index is 12.8. The number of halogens is 2. The third-order valence-corrected chi connectivity index (χ3v) is 5.43. The van der Waals surface area contributed by atoms with Gasteiger partial charge in [-0.2, -0.15) is 0 Å². The van der Waals surface area contributed by atoms with Gasteiger partial charge in [0.25, 0.3) is 5.91 Å². The lowest BCUT2D eigenvalue weighted by molar-refractivity contribution is 0.0987. The Morgan fingerprint density at radius 1 is 1.13 bits per heavy atom. The van der Waals surface area contributed by atoms with E-state index in [-0.39, 0.29) is 5.91 Å². The lowest BCUT2D eigenvalue weighted by Crippen LogP contribution is -2.37. The van der Waals surface area contributed by atoms with Crippen LogP contribution in [0.1, 0.15) is 15.9 Å². The van der Waals surface area contributed by atoms with Crippen LogP contribution < -0.4 is 21.9 Å². The first kappa shape index (κ1) is 20.4.